The molecule has 0 N–H and O–H groups in total. The Kier molecular flexibility index (Phi) is 3.18. The molecule has 0 aliphatic heterocycles. The SMILES string of the molecule is [O]CCc1c(Cl)cccc1Cl. The zero-order valence-electron chi connectivity index (χ0n) is 5.81. The first-order valence-corrected chi connectivity index (χ1v) is 4.02. The van der Waals surface area contributed by atoms with Gasteiger partial charge in [0.05, 0.1) is 6.61 Å². The van der Waals surface area contributed by atoms with E-state index in [1.807, 2.05) is 0 Å². The maximum atomic E-state index is 10.3. The molecule has 0 bridgehead atoms. The molecule has 1 rings (SSSR count). The van der Waals surface area contributed by atoms with E-state index in [9.17, 15) is 5.11 Å². The Hall–Kier alpha value is -0.240. The van der Waals surface area contributed by atoms with Crippen molar-refractivity contribution in [1.29, 1.82) is 0 Å². The fourth-order valence-corrected chi connectivity index (χ4v) is 1.46. The number of rotatable bonds is 2. The minimum Gasteiger partial charge on any atom is -0.236 e. The van der Waals surface area contributed by atoms with Gasteiger partial charge >= 0.3 is 0 Å². The molecule has 59 valence electrons. The highest BCUT2D eigenvalue weighted by Gasteiger charge is 2.03. The van der Waals surface area contributed by atoms with Crippen LogP contribution in [-0.2, 0) is 11.5 Å². The van der Waals surface area contributed by atoms with E-state index in [1.165, 1.54) is 0 Å². The van der Waals surface area contributed by atoms with Gasteiger partial charge in [0.1, 0.15) is 0 Å². The van der Waals surface area contributed by atoms with E-state index in [1.54, 1.807) is 18.2 Å². The Balaban J connectivity index is 3.00. The van der Waals surface area contributed by atoms with E-state index >= 15 is 0 Å². The molecular weight excluding hydrogens is 183 g/mol. The molecule has 1 nitrogen and oxygen atoms in total. The molecule has 0 fully saturated rings. The van der Waals surface area contributed by atoms with Crippen molar-refractivity contribution in [3.05, 3.63) is 33.8 Å². The highest BCUT2D eigenvalue weighted by atomic mass is 35.5. The topological polar surface area (TPSA) is 19.9 Å². The third-order valence-corrected chi connectivity index (χ3v) is 2.12. The van der Waals surface area contributed by atoms with Crippen molar-refractivity contribution in [3.63, 3.8) is 0 Å². The molecule has 0 atom stereocenters. The van der Waals surface area contributed by atoms with Crippen LogP contribution in [0.1, 0.15) is 5.56 Å². The molecular formula is C8H7Cl2O. The van der Waals surface area contributed by atoms with Gasteiger partial charge in [0.2, 0.25) is 0 Å². The maximum Gasteiger partial charge on any atom is 0.0863 e. The first kappa shape index (κ1) is 8.85. The van der Waals surface area contributed by atoms with Crippen LogP contribution in [0, 0.1) is 0 Å². The van der Waals surface area contributed by atoms with Crippen molar-refractivity contribution >= 4 is 23.2 Å². The summed E-state index contributed by atoms with van der Waals surface area (Å²) in [5, 5.41) is 11.4. The lowest BCUT2D eigenvalue weighted by molar-refractivity contribution is 0.197. The maximum absolute atomic E-state index is 10.3. The summed E-state index contributed by atoms with van der Waals surface area (Å²) in [6, 6.07) is 5.23. The van der Waals surface area contributed by atoms with Crippen LogP contribution in [0.3, 0.4) is 0 Å². The predicted octanol–water partition coefficient (Wildman–Crippen LogP) is 2.97. The Bertz CT molecular complexity index is 228. The lowest BCUT2D eigenvalue weighted by Gasteiger charge is -2.02. The molecule has 1 radical (unpaired) electrons. The van der Waals surface area contributed by atoms with Crippen molar-refractivity contribution in [2.24, 2.45) is 0 Å². The van der Waals surface area contributed by atoms with Crippen LogP contribution in [0.5, 0.6) is 0 Å². The fourth-order valence-electron chi connectivity index (χ4n) is 0.873. The van der Waals surface area contributed by atoms with Crippen LogP contribution in [0.15, 0.2) is 18.2 Å². The van der Waals surface area contributed by atoms with Gasteiger partial charge in [0, 0.05) is 16.5 Å². The molecule has 0 unspecified atom stereocenters. The largest absolute Gasteiger partial charge is 0.236 e. The second-order valence-electron chi connectivity index (χ2n) is 2.15. The molecule has 0 aromatic heterocycles. The van der Waals surface area contributed by atoms with Gasteiger partial charge in [-0.25, -0.2) is 5.11 Å². The highest BCUT2D eigenvalue weighted by molar-refractivity contribution is 6.35. The van der Waals surface area contributed by atoms with E-state index in [4.69, 9.17) is 23.2 Å². The summed E-state index contributed by atoms with van der Waals surface area (Å²) >= 11 is 11.6. The van der Waals surface area contributed by atoms with Gasteiger partial charge in [-0.3, -0.25) is 0 Å². The van der Waals surface area contributed by atoms with Gasteiger partial charge in [-0.05, 0) is 17.7 Å². The average Bonchev–Trinajstić information content (AvgIpc) is 1.97. The summed E-state index contributed by atoms with van der Waals surface area (Å²) in [7, 11) is 0. The van der Waals surface area contributed by atoms with Crippen molar-refractivity contribution in [2.75, 3.05) is 6.61 Å². The van der Waals surface area contributed by atoms with E-state index in [2.05, 4.69) is 0 Å². The van der Waals surface area contributed by atoms with Crippen LogP contribution < -0.4 is 0 Å². The van der Waals surface area contributed by atoms with Crippen LogP contribution in [-0.4, -0.2) is 6.61 Å². The van der Waals surface area contributed by atoms with Crippen molar-refractivity contribution in [1.82, 2.24) is 0 Å². The molecule has 0 heterocycles. The quantitative estimate of drug-likeness (QED) is 0.683. The first-order valence-electron chi connectivity index (χ1n) is 3.26. The van der Waals surface area contributed by atoms with Gasteiger partial charge in [-0.15, -0.1) is 0 Å². The minimum atomic E-state index is -0.177. The average molecular weight is 190 g/mol. The predicted molar refractivity (Wildman–Crippen MR) is 45.7 cm³/mol. The van der Waals surface area contributed by atoms with E-state index in [0.717, 1.165) is 5.56 Å². The number of halogens is 2. The van der Waals surface area contributed by atoms with Crippen LogP contribution in [0.2, 0.25) is 10.0 Å². The molecule has 0 saturated heterocycles. The highest BCUT2D eigenvalue weighted by Crippen LogP contribution is 2.24. The van der Waals surface area contributed by atoms with Crippen molar-refractivity contribution in [2.45, 2.75) is 6.42 Å². The Labute approximate surface area is 75.6 Å². The lowest BCUT2D eigenvalue weighted by atomic mass is 10.2. The zero-order valence-corrected chi connectivity index (χ0v) is 7.32. The van der Waals surface area contributed by atoms with Crippen LogP contribution >= 0.6 is 23.2 Å². The number of hydrogen-bond acceptors (Lipinski definition) is 0. The zero-order chi connectivity index (χ0) is 8.27. The summed E-state index contributed by atoms with van der Waals surface area (Å²) in [6.45, 7) is -0.177. The molecule has 3 heteroatoms. The fraction of sp³-hybridized carbons (Fsp3) is 0.250. The first-order chi connectivity index (χ1) is 5.25. The third kappa shape index (κ3) is 2.09. The third-order valence-electron chi connectivity index (χ3n) is 1.41. The molecule has 0 aliphatic rings. The van der Waals surface area contributed by atoms with Crippen LogP contribution in [0.4, 0.5) is 0 Å². The van der Waals surface area contributed by atoms with Gasteiger partial charge in [-0.1, -0.05) is 29.3 Å². The Morgan fingerprint density at radius 2 is 1.73 bits per heavy atom. The van der Waals surface area contributed by atoms with Crippen LogP contribution in [0.25, 0.3) is 0 Å². The van der Waals surface area contributed by atoms with E-state index < -0.39 is 0 Å². The Morgan fingerprint density at radius 1 is 1.18 bits per heavy atom. The standard InChI is InChI=1S/C8H7Cl2O/c9-7-2-1-3-8(10)6(7)4-5-11/h1-3H,4-5H2. The number of hydrogen-bond donors (Lipinski definition) is 0. The second-order valence-corrected chi connectivity index (χ2v) is 2.97. The molecule has 0 aliphatic carbocycles. The molecule has 1 aromatic rings. The molecule has 0 saturated carbocycles. The van der Waals surface area contributed by atoms with Crippen molar-refractivity contribution < 1.29 is 5.11 Å². The second kappa shape index (κ2) is 3.96. The monoisotopic (exact) mass is 189 g/mol. The summed E-state index contributed by atoms with van der Waals surface area (Å²) in [5.41, 5.74) is 0.755. The van der Waals surface area contributed by atoms with E-state index in [0.29, 0.717) is 16.5 Å². The molecule has 1 aromatic carbocycles. The smallest absolute Gasteiger partial charge is 0.0863 e. The van der Waals surface area contributed by atoms with Gasteiger partial charge in [0.25, 0.3) is 0 Å². The van der Waals surface area contributed by atoms with Gasteiger partial charge in [0.15, 0.2) is 0 Å². The summed E-state index contributed by atoms with van der Waals surface area (Å²) in [5.74, 6) is 0. The number of benzene rings is 1. The van der Waals surface area contributed by atoms with Crippen molar-refractivity contribution in [3.8, 4) is 0 Å². The normalized spacial score (nSPS) is 10.1. The summed E-state index contributed by atoms with van der Waals surface area (Å²) in [4.78, 5) is 0. The summed E-state index contributed by atoms with van der Waals surface area (Å²) in [6.07, 6.45) is 0.401. The van der Waals surface area contributed by atoms with Gasteiger partial charge in [-0.2, -0.15) is 0 Å². The molecule has 0 spiro atoms. The molecule has 0 amide bonds. The summed E-state index contributed by atoms with van der Waals surface area (Å²) < 4.78 is 0. The lowest BCUT2D eigenvalue weighted by Crippen LogP contribution is -1.91. The minimum absolute atomic E-state index is 0.177. The Morgan fingerprint density at radius 3 is 2.18 bits per heavy atom. The molecule has 11 heavy (non-hydrogen) atoms. The van der Waals surface area contributed by atoms with Gasteiger partial charge < -0.3 is 0 Å². The van der Waals surface area contributed by atoms with E-state index in [-0.39, 0.29) is 6.61 Å².